The summed E-state index contributed by atoms with van der Waals surface area (Å²) >= 11 is 6.26. The monoisotopic (exact) mass is 272 g/mol. The lowest BCUT2D eigenvalue weighted by molar-refractivity contribution is -0.112. The Labute approximate surface area is 114 Å². The summed E-state index contributed by atoms with van der Waals surface area (Å²) in [6.07, 6.45) is 0.886. The number of carbonyl (C=O) groups excluding carboxylic acids is 1. The molecule has 102 valence electrons. The number of aldehydes is 1. The lowest BCUT2D eigenvalue weighted by Gasteiger charge is -2.42. The van der Waals surface area contributed by atoms with Crippen molar-refractivity contribution in [2.45, 2.75) is 24.8 Å². The molecule has 1 aliphatic heterocycles. The maximum atomic E-state index is 11.1. The molecule has 1 saturated heterocycles. The SMILES string of the molecule is C=N[C@](CN1CCOCC1=C)(C(C)C=O)[C@H](C)Cl. The Bertz CT molecular complexity index is 333. The Morgan fingerprint density at radius 2 is 2.33 bits per heavy atom. The van der Waals surface area contributed by atoms with Crippen molar-refractivity contribution in [3.8, 4) is 0 Å². The Morgan fingerprint density at radius 3 is 2.78 bits per heavy atom. The van der Waals surface area contributed by atoms with Crippen molar-refractivity contribution in [2.24, 2.45) is 10.9 Å². The summed E-state index contributed by atoms with van der Waals surface area (Å²) < 4.78 is 5.32. The van der Waals surface area contributed by atoms with Gasteiger partial charge in [-0.1, -0.05) is 13.5 Å². The van der Waals surface area contributed by atoms with Gasteiger partial charge in [0, 0.05) is 24.7 Å². The Morgan fingerprint density at radius 1 is 1.67 bits per heavy atom. The van der Waals surface area contributed by atoms with Gasteiger partial charge in [0.1, 0.15) is 11.8 Å². The van der Waals surface area contributed by atoms with Crippen molar-refractivity contribution in [1.82, 2.24) is 4.90 Å². The van der Waals surface area contributed by atoms with Crippen molar-refractivity contribution in [2.75, 3.05) is 26.3 Å². The molecule has 1 aliphatic rings. The third-order valence-corrected chi connectivity index (χ3v) is 4.02. The predicted molar refractivity (Wildman–Crippen MR) is 74.4 cm³/mol. The Balaban J connectivity index is 2.93. The number of nitrogens with zero attached hydrogens (tertiary/aromatic N) is 2. The molecular formula is C13H21ClN2O2. The minimum atomic E-state index is -0.691. The van der Waals surface area contributed by atoms with Gasteiger partial charge in [-0.25, -0.2) is 0 Å². The largest absolute Gasteiger partial charge is 0.373 e. The van der Waals surface area contributed by atoms with E-state index < -0.39 is 5.54 Å². The molecule has 1 rings (SSSR count). The van der Waals surface area contributed by atoms with E-state index in [1.165, 1.54) is 0 Å². The number of aliphatic imine (C=N–C) groups is 1. The third-order valence-electron chi connectivity index (χ3n) is 3.64. The van der Waals surface area contributed by atoms with Gasteiger partial charge < -0.3 is 14.4 Å². The van der Waals surface area contributed by atoms with Crippen LogP contribution in [0, 0.1) is 5.92 Å². The molecule has 3 atom stereocenters. The number of carbonyl (C=O) groups is 1. The van der Waals surface area contributed by atoms with E-state index in [0.29, 0.717) is 19.8 Å². The van der Waals surface area contributed by atoms with Crippen LogP contribution in [0.1, 0.15) is 13.8 Å². The summed E-state index contributed by atoms with van der Waals surface area (Å²) in [5.41, 5.74) is 0.202. The zero-order valence-corrected chi connectivity index (χ0v) is 11.8. The number of ether oxygens (including phenoxy) is 1. The molecule has 0 bridgehead atoms. The first kappa shape index (κ1) is 15.2. The van der Waals surface area contributed by atoms with Crippen LogP contribution in [-0.2, 0) is 9.53 Å². The van der Waals surface area contributed by atoms with Gasteiger partial charge in [-0.15, -0.1) is 11.6 Å². The molecule has 1 unspecified atom stereocenters. The van der Waals surface area contributed by atoms with Crippen molar-refractivity contribution in [3.05, 3.63) is 12.3 Å². The highest BCUT2D eigenvalue weighted by molar-refractivity contribution is 6.21. The van der Waals surface area contributed by atoms with Gasteiger partial charge in [-0.05, 0) is 13.6 Å². The fourth-order valence-electron chi connectivity index (χ4n) is 2.18. The van der Waals surface area contributed by atoms with Crippen LogP contribution in [0.5, 0.6) is 0 Å². The van der Waals surface area contributed by atoms with Gasteiger partial charge in [-0.3, -0.25) is 4.99 Å². The Kier molecular flexibility index (Phi) is 5.35. The molecule has 0 saturated carbocycles. The van der Waals surface area contributed by atoms with E-state index >= 15 is 0 Å². The molecule has 0 amide bonds. The van der Waals surface area contributed by atoms with Crippen molar-refractivity contribution >= 4 is 24.6 Å². The smallest absolute Gasteiger partial charge is 0.125 e. The van der Waals surface area contributed by atoms with Gasteiger partial charge in [-0.2, -0.15) is 0 Å². The lowest BCUT2D eigenvalue weighted by atomic mass is 9.83. The van der Waals surface area contributed by atoms with Gasteiger partial charge in [0.2, 0.25) is 0 Å². The van der Waals surface area contributed by atoms with E-state index in [1.807, 2.05) is 13.8 Å². The molecule has 18 heavy (non-hydrogen) atoms. The quantitative estimate of drug-likeness (QED) is 0.420. The summed E-state index contributed by atoms with van der Waals surface area (Å²) in [4.78, 5) is 17.4. The first-order valence-corrected chi connectivity index (χ1v) is 6.49. The molecule has 0 aromatic rings. The number of rotatable bonds is 6. The fourth-order valence-corrected chi connectivity index (χ4v) is 2.52. The van der Waals surface area contributed by atoms with E-state index in [-0.39, 0.29) is 11.3 Å². The van der Waals surface area contributed by atoms with Gasteiger partial charge >= 0.3 is 0 Å². The fraction of sp³-hybridized carbons (Fsp3) is 0.692. The lowest BCUT2D eigenvalue weighted by Crippen LogP contribution is -2.53. The molecule has 4 nitrogen and oxygen atoms in total. The van der Waals surface area contributed by atoms with Gasteiger partial charge in [0.05, 0.1) is 18.6 Å². The van der Waals surface area contributed by atoms with Crippen LogP contribution in [0.2, 0.25) is 0 Å². The van der Waals surface area contributed by atoms with Gasteiger partial charge in [0.15, 0.2) is 0 Å². The van der Waals surface area contributed by atoms with E-state index in [9.17, 15) is 4.79 Å². The van der Waals surface area contributed by atoms with Crippen molar-refractivity contribution < 1.29 is 9.53 Å². The molecular weight excluding hydrogens is 252 g/mol. The maximum Gasteiger partial charge on any atom is 0.125 e. The van der Waals surface area contributed by atoms with Crippen molar-refractivity contribution in [3.63, 3.8) is 0 Å². The summed E-state index contributed by atoms with van der Waals surface area (Å²) in [5.74, 6) is -0.293. The molecule has 1 fully saturated rings. The number of halogens is 1. The van der Waals surface area contributed by atoms with Gasteiger partial charge in [0.25, 0.3) is 0 Å². The Hall–Kier alpha value is -0.870. The molecule has 0 N–H and O–H groups in total. The molecule has 0 aromatic heterocycles. The first-order chi connectivity index (χ1) is 8.47. The highest BCUT2D eigenvalue weighted by Crippen LogP contribution is 2.31. The van der Waals surface area contributed by atoms with Crippen LogP contribution in [0.3, 0.4) is 0 Å². The second-order valence-electron chi connectivity index (χ2n) is 4.73. The van der Waals surface area contributed by atoms with Crippen LogP contribution in [0.15, 0.2) is 17.3 Å². The van der Waals surface area contributed by atoms with Crippen molar-refractivity contribution in [1.29, 1.82) is 0 Å². The van der Waals surface area contributed by atoms with E-state index in [1.54, 1.807) is 0 Å². The second kappa shape index (κ2) is 6.34. The molecule has 0 aliphatic carbocycles. The standard InChI is InChI=1S/C13H21ClN2O2/c1-10(7-17)13(15-4,12(3)14)9-16-5-6-18-8-11(16)2/h7,10,12H,2,4-6,8-9H2,1,3H3/t10?,12-,13+/m0/s1. The average molecular weight is 273 g/mol. The van der Waals surface area contributed by atoms with E-state index in [4.69, 9.17) is 16.3 Å². The van der Waals surface area contributed by atoms with Crippen LogP contribution in [-0.4, -0.2) is 55.1 Å². The number of hydrogen-bond acceptors (Lipinski definition) is 4. The summed E-state index contributed by atoms with van der Waals surface area (Å²) in [6.45, 7) is 13.7. The zero-order chi connectivity index (χ0) is 13.8. The van der Waals surface area contributed by atoms with Crippen LogP contribution in [0.25, 0.3) is 0 Å². The molecule has 5 heteroatoms. The minimum absolute atomic E-state index is 0.286. The van der Waals surface area contributed by atoms with Crippen LogP contribution in [0.4, 0.5) is 0 Å². The summed E-state index contributed by atoms with van der Waals surface area (Å²) in [6, 6.07) is 0. The second-order valence-corrected chi connectivity index (χ2v) is 5.39. The minimum Gasteiger partial charge on any atom is -0.373 e. The normalized spacial score (nSPS) is 23.1. The maximum absolute atomic E-state index is 11.1. The predicted octanol–water partition coefficient (Wildman–Crippen LogP) is 1.73. The van der Waals surface area contributed by atoms with Crippen LogP contribution < -0.4 is 0 Å². The highest BCUT2D eigenvalue weighted by Gasteiger charge is 2.42. The number of alkyl halides is 1. The molecule has 0 radical (unpaired) electrons. The molecule has 1 heterocycles. The molecule has 0 aromatic carbocycles. The number of morpholine rings is 1. The summed E-state index contributed by atoms with van der Waals surface area (Å²) in [7, 11) is 0. The first-order valence-electron chi connectivity index (χ1n) is 6.05. The van der Waals surface area contributed by atoms with E-state index in [0.717, 1.165) is 18.5 Å². The zero-order valence-electron chi connectivity index (χ0n) is 11.1. The number of hydrogen-bond donors (Lipinski definition) is 0. The summed E-state index contributed by atoms with van der Waals surface area (Å²) in [5, 5.41) is -0.286. The topological polar surface area (TPSA) is 41.9 Å². The third kappa shape index (κ3) is 2.93. The average Bonchev–Trinajstić information content (AvgIpc) is 2.36. The van der Waals surface area contributed by atoms with E-state index in [2.05, 4.69) is 23.2 Å². The van der Waals surface area contributed by atoms with Crippen LogP contribution >= 0.6 is 11.6 Å². The molecule has 0 spiro atoms. The highest BCUT2D eigenvalue weighted by atomic mass is 35.5.